The molecule has 2 aromatic heterocycles. The highest BCUT2D eigenvalue weighted by molar-refractivity contribution is 6.35. The second-order valence-electron chi connectivity index (χ2n) is 14.8. The van der Waals surface area contributed by atoms with E-state index in [1.807, 2.05) is 18.2 Å². The number of aromatic nitrogens is 1. The fraction of sp³-hybridized carbons (Fsp3) is 0.317. The van der Waals surface area contributed by atoms with Gasteiger partial charge in [-0.3, -0.25) is 39.1 Å². The second-order valence-corrected chi connectivity index (χ2v) is 15.2. The van der Waals surface area contributed by atoms with Crippen molar-refractivity contribution in [2.24, 2.45) is 5.92 Å². The molecular formula is C41H38ClN7O6. The first-order valence-electron chi connectivity index (χ1n) is 18.6. The zero-order chi connectivity index (χ0) is 38.0. The van der Waals surface area contributed by atoms with Crippen molar-refractivity contribution in [2.45, 2.75) is 31.7 Å². The molecule has 3 aromatic carbocycles. The molecule has 0 spiro atoms. The van der Waals surface area contributed by atoms with E-state index < -0.39 is 29.7 Å². The SMILES string of the molecule is Nc1nc2c(=O)c3c(Cl)cccc3oc2cc1-c1ccc(N2CCN(CC3CCN(c4ccc5c(c4)C(=O)N(C4CCC(=O)NC4=O)C5=O)CC3)CC2)cc1. The molecule has 9 rings (SSSR count). The van der Waals surface area contributed by atoms with E-state index in [0.717, 1.165) is 80.5 Å². The maximum Gasteiger partial charge on any atom is 0.262 e. The fourth-order valence-electron chi connectivity index (χ4n) is 8.46. The topological polar surface area (TPSA) is 162 Å². The van der Waals surface area contributed by atoms with Crippen molar-refractivity contribution in [1.82, 2.24) is 20.1 Å². The van der Waals surface area contributed by atoms with Crippen molar-refractivity contribution in [3.8, 4) is 11.1 Å². The number of hydrogen-bond donors (Lipinski definition) is 2. The number of imide groups is 2. The highest BCUT2D eigenvalue weighted by Gasteiger charge is 2.45. The Bertz CT molecular complexity index is 2470. The summed E-state index contributed by atoms with van der Waals surface area (Å²) in [4.78, 5) is 76.2. The number of piperidine rings is 2. The van der Waals surface area contributed by atoms with Crippen LogP contribution in [0.4, 0.5) is 17.2 Å². The summed E-state index contributed by atoms with van der Waals surface area (Å²) in [6.45, 7) is 6.49. The number of benzene rings is 3. The van der Waals surface area contributed by atoms with Crippen molar-refractivity contribution >= 4 is 74.5 Å². The predicted octanol–water partition coefficient (Wildman–Crippen LogP) is 4.68. The average molecular weight is 760 g/mol. The number of carbonyl (C=O) groups excluding carboxylic acids is 4. The molecule has 3 N–H and O–H groups in total. The number of nitrogens with one attached hydrogen (secondary N) is 1. The summed E-state index contributed by atoms with van der Waals surface area (Å²) in [6, 6.07) is 19.5. The summed E-state index contributed by atoms with van der Waals surface area (Å²) in [7, 11) is 0. The lowest BCUT2D eigenvalue weighted by atomic mass is 9.95. The maximum atomic E-state index is 13.3. The zero-order valence-electron chi connectivity index (χ0n) is 29.9. The lowest BCUT2D eigenvalue weighted by Gasteiger charge is -2.40. The lowest BCUT2D eigenvalue weighted by molar-refractivity contribution is -0.136. The molecule has 0 radical (unpaired) electrons. The van der Waals surface area contributed by atoms with Crippen molar-refractivity contribution in [3.63, 3.8) is 0 Å². The molecular weight excluding hydrogens is 722 g/mol. The molecule has 0 bridgehead atoms. The van der Waals surface area contributed by atoms with Crippen molar-refractivity contribution in [2.75, 3.05) is 61.3 Å². The molecule has 1 atom stereocenters. The summed E-state index contributed by atoms with van der Waals surface area (Å²) < 4.78 is 6.02. The number of fused-ring (bicyclic) bond motifs is 3. The van der Waals surface area contributed by atoms with Crippen LogP contribution in [-0.2, 0) is 9.59 Å². The van der Waals surface area contributed by atoms with Crippen LogP contribution in [0.5, 0.6) is 0 Å². The van der Waals surface area contributed by atoms with Gasteiger partial charge in [0.25, 0.3) is 11.8 Å². The van der Waals surface area contributed by atoms with Gasteiger partial charge in [0.2, 0.25) is 17.2 Å². The highest BCUT2D eigenvalue weighted by atomic mass is 35.5. The van der Waals surface area contributed by atoms with E-state index in [1.54, 1.807) is 36.4 Å². The number of nitrogens with two attached hydrogens (primary N) is 1. The van der Waals surface area contributed by atoms with Gasteiger partial charge in [0.15, 0.2) is 11.1 Å². The number of rotatable bonds is 6. The maximum absolute atomic E-state index is 13.3. The minimum Gasteiger partial charge on any atom is -0.454 e. The first-order valence-corrected chi connectivity index (χ1v) is 19.0. The van der Waals surface area contributed by atoms with Crippen LogP contribution in [0.1, 0.15) is 46.4 Å². The number of carbonyl (C=O) groups is 4. The van der Waals surface area contributed by atoms with Crippen LogP contribution in [0, 0.1) is 5.92 Å². The molecule has 0 saturated carbocycles. The van der Waals surface area contributed by atoms with Gasteiger partial charge in [-0.25, -0.2) is 4.98 Å². The number of nitrogens with zero attached hydrogens (tertiary/aromatic N) is 5. The number of nitrogen functional groups attached to an aromatic ring is 1. The Labute approximate surface area is 320 Å². The molecule has 280 valence electrons. The fourth-order valence-corrected chi connectivity index (χ4v) is 8.71. The average Bonchev–Trinajstić information content (AvgIpc) is 3.43. The van der Waals surface area contributed by atoms with E-state index in [9.17, 15) is 24.0 Å². The Balaban J connectivity index is 0.788. The van der Waals surface area contributed by atoms with Crippen LogP contribution >= 0.6 is 11.6 Å². The van der Waals surface area contributed by atoms with Gasteiger partial charge in [-0.2, -0.15) is 0 Å². The first kappa shape index (κ1) is 34.9. The van der Waals surface area contributed by atoms with E-state index >= 15 is 0 Å². The summed E-state index contributed by atoms with van der Waals surface area (Å²) >= 11 is 6.27. The van der Waals surface area contributed by atoms with Gasteiger partial charge in [-0.05, 0) is 79.3 Å². The highest BCUT2D eigenvalue weighted by Crippen LogP contribution is 2.34. The number of amides is 4. The molecule has 13 nitrogen and oxygen atoms in total. The van der Waals surface area contributed by atoms with E-state index in [2.05, 4.69) is 37.1 Å². The quantitative estimate of drug-likeness (QED) is 0.183. The van der Waals surface area contributed by atoms with Crippen molar-refractivity contribution in [1.29, 1.82) is 0 Å². The number of hydrogen-bond acceptors (Lipinski definition) is 11. The molecule has 3 saturated heterocycles. The van der Waals surface area contributed by atoms with E-state index in [0.29, 0.717) is 44.2 Å². The summed E-state index contributed by atoms with van der Waals surface area (Å²) in [5.74, 6) is -1.16. The Morgan fingerprint density at radius 1 is 0.764 bits per heavy atom. The Kier molecular flexibility index (Phi) is 8.77. The smallest absolute Gasteiger partial charge is 0.262 e. The first-order chi connectivity index (χ1) is 26.6. The molecule has 6 heterocycles. The van der Waals surface area contributed by atoms with Crippen LogP contribution in [-0.4, -0.2) is 90.3 Å². The molecule has 1 unspecified atom stereocenters. The normalized spacial score (nSPS) is 19.8. The molecule has 4 aliphatic heterocycles. The second kappa shape index (κ2) is 13.8. The Morgan fingerprint density at radius 2 is 1.47 bits per heavy atom. The summed E-state index contributed by atoms with van der Waals surface area (Å²) in [5, 5.41) is 2.85. The van der Waals surface area contributed by atoms with Crippen molar-refractivity contribution in [3.05, 3.63) is 93.1 Å². The van der Waals surface area contributed by atoms with E-state index in [4.69, 9.17) is 21.8 Å². The van der Waals surface area contributed by atoms with Gasteiger partial charge in [0.1, 0.15) is 17.4 Å². The minimum absolute atomic E-state index is 0.0927. The van der Waals surface area contributed by atoms with Crippen LogP contribution < -0.4 is 26.3 Å². The third kappa shape index (κ3) is 6.26. The van der Waals surface area contributed by atoms with Gasteiger partial charge in [0.05, 0.1) is 21.5 Å². The van der Waals surface area contributed by atoms with Gasteiger partial charge >= 0.3 is 0 Å². The van der Waals surface area contributed by atoms with Crippen LogP contribution in [0.25, 0.3) is 33.2 Å². The molecule has 0 aliphatic carbocycles. The van der Waals surface area contributed by atoms with E-state index in [1.165, 1.54) is 0 Å². The summed E-state index contributed by atoms with van der Waals surface area (Å²) in [5.41, 5.74) is 11.2. The number of piperazine rings is 1. The number of anilines is 3. The predicted molar refractivity (Wildman–Crippen MR) is 209 cm³/mol. The zero-order valence-corrected chi connectivity index (χ0v) is 30.7. The molecule has 5 aromatic rings. The molecule has 4 aliphatic rings. The minimum atomic E-state index is -0.971. The van der Waals surface area contributed by atoms with Crippen LogP contribution in [0.15, 0.2) is 75.9 Å². The lowest BCUT2D eigenvalue weighted by Crippen LogP contribution is -2.54. The Morgan fingerprint density at radius 3 is 2.22 bits per heavy atom. The van der Waals surface area contributed by atoms with Crippen LogP contribution in [0.3, 0.4) is 0 Å². The molecule has 3 fully saturated rings. The Hall–Kier alpha value is -5.79. The van der Waals surface area contributed by atoms with Gasteiger partial charge in [0, 0.05) is 69.2 Å². The van der Waals surface area contributed by atoms with Crippen molar-refractivity contribution < 1.29 is 23.6 Å². The van der Waals surface area contributed by atoms with E-state index in [-0.39, 0.29) is 29.6 Å². The molecule has 4 amide bonds. The number of pyridine rings is 1. The third-order valence-electron chi connectivity index (χ3n) is 11.5. The molecule has 55 heavy (non-hydrogen) atoms. The third-order valence-corrected chi connectivity index (χ3v) is 11.8. The van der Waals surface area contributed by atoms with Gasteiger partial charge in [-0.15, -0.1) is 0 Å². The van der Waals surface area contributed by atoms with Gasteiger partial charge in [-0.1, -0.05) is 29.8 Å². The molecule has 14 heteroatoms. The monoisotopic (exact) mass is 759 g/mol. The van der Waals surface area contributed by atoms with Crippen LogP contribution in [0.2, 0.25) is 5.02 Å². The van der Waals surface area contributed by atoms with Gasteiger partial charge < -0.3 is 20.0 Å². The standard InChI is InChI=1S/C41H38ClN7O6/c42-30-2-1-3-32-35(30)37(51)36-33(55-32)21-28(38(43)45-36)24-4-6-25(7-5-24)48-18-16-46(17-19-48)22-23-12-14-47(15-13-23)26-8-9-27-29(20-26)41(54)49(40(27)53)31-10-11-34(50)44-39(31)52/h1-9,20-21,23,31H,10-19,22H2,(H2,43,45)(H,44,50,52). The largest absolute Gasteiger partial charge is 0.454 e. The number of halogens is 1. The summed E-state index contributed by atoms with van der Waals surface area (Å²) in [6.07, 6.45) is 2.27.